The average molecular weight is 356 g/mol. The van der Waals surface area contributed by atoms with E-state index in [2.05, 4.69) is 16.0 Å². The maximum absolute atomic E-state index is 13.6. The fraction of sp³-hybridized carbons (Fsp3) is 0.529. The summed E-state index contributed by atoms with van der Waals surface area (Å²) >= 11 is 5.66. The van der Waals surface area contributed by atoms with Gasteiger partial charge in [0.15, 0.2) is 0 Å². The molecule has 0 atom stereocenters. The second-order valence-corrected chi connectivity index (χ2v) is 6.45. The van der Waals surface area contributed by atoms with Gasteiger partial charge in [-0.1, -0.05) is 30.9 Å². The molecule has 1 aliphatic carbocycles. The second-order valence-electron chi connectivity index (χ2n) is 6.01. The Kier molecular flexibility index (Phi) is 7.31. The molecule has 0 saturated heterocycles. The summed E-state index contributed by atoms with van der Waals surface area (Å²) in [4.78, 5) is 23.5. The molecule has 0 bridgehead atoms. The summed E-state index contributed by atoms with van der Waals surface area (Å²) in [6, 6.07) is 4.15. The van der Waals surface area contributed by atoms with Gasteiger partial charge in [0.2, 0.25) is 5.91 Å². The molecule has 1 saturated carbocycles. The molecule has 1 aromatic rings. The van der Waals surface area contributed by atoms with E-state index in [0.717, 1.165) is 31.7 Å². The van der Waals surface area contributed by atoms with Crippen LogP contribution in [0.2, 0.25) is 5.02 Å². The number of nitrogens with one attached hydrogen (secondary N) is 3. The van der Waals surface area contributed by atoms with Crippen molar-refractivity contribution in [1.29, 1.82) is 0 Å². The number of hydrogen-bond donors (Lipinski definition) is 3. The number of anilines is 1. The summed E-state index contributed by atoms with van der Waals surface area (Å²) < 4.78 is 13.6. The average Bonchev–Trinajstić information content (AvgIpc) is 2.55. The van der Waals surface area contributed by atoms with Crippen LogP contribution in [0.1, 0.15) is 44.9 Å². The third-order valence-corrected chi connectivity index (χ3v) is 4.25. The first kappa shape index (κ1) is 18.5. The summed E-state index contributed by atoms with van der Waals surface area (Å²) in [5.41, 5.74) is 0.104. The molecule has 132 valence electrons. The summed E-state index contributed by atoms with van der Waals surface area (Å²) in [5.74, 6) is -0.869. The zero-order valence-electron chi connectivity index (χ0n) is 13.5. The van der Waals surface area contributed by atoms with Crippen LogP contribution in [0.15, 0.2) is 18.2 Å². The molecule has 24 heavy (non-hydrogen) atoms. The highest BCUT2D eigenvalue weighted by Gasteiger charge is 2.15. The SMILES string of the molecule is O=C(CCCNC(=O)NC1CCCCC1)Nc1ccc(Cl)cc1F. The molecular formula is C17H23ClFN3O2. The number of carbonyl (C=O) groups is 2. The van der Waals surface area contributed by atoms with E-state index in [-0.39, 0.29) is 35.1 Å². The lowest BCUT2D eigenvalue weighted by atomic mass is 9.96. The molecule has 2 rings (SSSR count). The summed E-state index contributed by atoms with van der Waals surface area (Å²) in [5, 5.41) is 8.46. The van der Waals surface area contributed by atoms with Gasteiger partial charge in [0.05, 0.1) is 5.69 Å². The number of halogens is 2. The van der Waals surface area contributed by atoms with Crippen LogP contribution in [0.4, 0.5) is 14.9 Å². The Bertz CT molecular complexity index is 577. The Hall–Kier alpha value is -1.82. The van der Waals surface area contributed by atoms with Crippen LogP contribution in [-0.2, 0) is 4.79 Å². The van der Waals surface area contributed by atoms with Crippen molar-refractivity contribution >= 4 is 29.2 Å². The maximum atomic E-state index is 13.6. The van der Waals surface area contributed by atoms with Crippen molar-refractivity contribution < 1.29 is 14.0 Å². The number of rotatable bonds is 6. The zero-order valence-corrected chi connectivity index (χ0v) is 14.3. The Morgan fingerprint density at radius 2 is 1.96 bits per heavy atom. The molecule has 1 aromatic carbocycles. The quantitative estimate of drug-likeness (QED) is 0.679. The monoisotopic (exact) mass is 355 g/mol. The highest BCUT2D eigenvalue weighted by atomic mass is 35.5. The van der Waals surface area contributed by atoms with Crippen molar-refractivity contribution in [3.8, 4) is 0 Å². The van der Waals surface area contributed by atoms with Crippen molar-refractivity contribution in [1.82, 2.24) is 10.6 Å². The molecule has 5 nitrogen and oxygen atoms in total. The molecule has 0 spiro atoms. The van der Waals surface area contributed by atoms with Gasteiger partial charge in [-0.15, -0.1) is 0 Å². The predicted octanol–water partition coefficient (Wildman–Crippen LogP) is 3.83. The fourth-order valence-electron chi connectivity index (χ4n) is 2.74. The van der Waals surface area contributed by atoms with Gasteiger partial charge in [0.25, 0.3) is 0 Å². The minimum atomic E-state index is -0.569. The molecule has 0 heterocycles. The van der Waals surface area contributed by atoms with Crippen molar-refractivity contribution in [2.45, 2.75) is 51.0 Å². The molecule has 0 aliphatic heterocycles. The van der Waals surface area contributed by atoms with E-state index in [1.54, 1.807) is 0 Å². The normalized spacial score (nSPS) is 14.9. The smallest absolute Gasteiger partial charge is 0.315 e. The number of benzene rings is 1. The van der Waals surface area contributed by atoms with Crippen molar-refractivity contribution in [2.75, 3.05) is 11.9 Å². The van der Waals surface area contributed by atoms with Gasteiger partial charge in [0.1, 0.15) is 5.82 Å². The van der Waals surface area contributed by atoms with E-state index in [1.807, 2.05) is 0 Å². The summed E-state index contributed by atoms with van der Waals surface area (Å²) in [6.45, 7) is 0.398. The highest BCUT2D eigenvalue weighted by molar-refractivity contribution is 6.30. The van der Waals surface area contributed by atoms with Crippen molar-refractivity contribution in [3.63, 3.8) is 0 Å². The van der Waals surface area contributed by atoms with Crippen LogP contribution in [0.5, 0.6) is 0 Å². The van der Waals surface area contributed by atoms with Gasteiger partial charge in [-0.3, -0.25) is 4.79 Å². The largest absolute Gasteiger partial charge is 0.338 e. The number of carbonyl (C=O) groups excluding carboxylic acids is 2. The van der Waals surface area contributed by atoms with Gasteiger partial charge in [-0.05, 0) is 37.5 Å². The molecule has 1 fully saturated rings. The lowest BCUT2D eigenvalue weighted by Crippen LogP contribution is -2.43. The Balaban J connectivity index is 1.61. The lowest BCUT2D eigenvalue weighted by Gasteiger charge is -2.22. The van der Waals surface area contributed by atoms with Crippen LogP contribution in [0.25, 0.3) is 0 Å². The van der Waals surface area contributed by atoms with E-state index < -0.39 is 5.82 Å². The van der Waals surface area contributed by atoms with Crippen LogP contribution in [-0.4, -0.2) is 24.5 Å². The highest BCUT2D eigenvalue weighted by Crippen LogP contribution is 2.19. The predicted molar refractivity (Wildman–Crippen MR) is 92.7 cm³/mol. The first-order valence-electron chi connectivity index (χ1n) is 8.34. The Morgan fingerprint density at radius 1 is 1.21 bits per heavy atom. The first-order valence-corrected chi connectivity index (χ1v) is 8.71. The molecule has 0 radical (unpaired) electrons. The number of hydrogen-bond acceptors (Lipinski definition) is 2. The second kappa shape index (κ2) is 9.47. The third-order valence-electron chi connectivity index (χ3n) is 4.01. The van der Waals surface area contributed by atoms with Crippen LogP contribution >= 0.6 is 11.6 Å². The molecule has 0 unspecified atom stereocenters. The topological polar surface area (TPSA) is 70.2 Å². The van der Waals surface area contributed by atoms with E-state index in [1.165, 1.54) is 18.6 Å². The standard InChI is InChI=1S/C17H23ClFN3O2/c18-12-8-9-15(14(19)11-12)22-16(23)7-4-10-20-17(24)21-13-5-2-1-3-6-13/h8-9,11,13H,1-7,10H2,(H,22,23)(H2,20,21,24). The molecule has 3 N–H and O–H groups in total. The van der Waals surface area contributed by atoms with Crippen molar-refractivity contribution in [3.05, 3.63) is 29.0 Å². The number of urea groups is 1. The number of amides is 3. The van der Waals surface area contributed by atoms with Crippen molar-refractivity contribution in [2.24, 2.45) is 0 Å². The van der Waals surface area contributed by atoms with E-state index in [4.69, 9.17) is 11.6 Å². The molecule has 1 aliphatic rings. The summed E-state index contributed by atoms with van der Waals surface area (Å²) in [6.07, 6.45) is 6.30. The first-order chi connectivity index (χ1) is 11.5. The third kappa shape index (κ3) is 6.35. The zero-order chi connectivity index (χ0) is 17.4. The minimum Gasteiger partial charge on any atom is -0.338 e. The van der Waals surface area contributed by atoms with Gasteiger partial charge in [-0.25, -0.2) is 9.18 Å². The minimum absolute atomic E-state index is 0.104. The van der Waals surface area contributed by atoms with Gasteiger partial charge in [-0.2, -0.15) is 0 Å². The maximum Gasteiger partial charge on any atom is 0.315 e. The van der Waals surface area contributed by atoms with Crippen LogP contribution in [0, 0.1) is 5.82 Å². The molecular weight excluding hydrogens is 333 g/mol. The van der Waals surface area contributed by atoms with E-state index in [9.17, 15) is 14.0 Å². The Morgan fingerprint density at radius 3 is 2.67 bits per heavy atom. The molecule has 0 aromatic heterocycles. The summed E-state index contributed by atoms with van der Waals surface area (Å²) in [7, 11) is 0. The van der Waals surface area contributed by atoms with Gasteiger partial charge in [0, 0.05) is 24.0 Å². The molecule has 7 heteroatoms. The van der Waals surface area contributed by atoms with Gasteiger partial charge < -0.3 is 16.0 Å². The fourth-order valence-corrected chi connectivity index (χ4v) is 2.90. The van der Waals surface area contributed by atoms with Crippen LogP contribution in [0.3, 0.4) is 0 Å². The van der Waals surface area contributed by atoms with E-state index in [0.29, 0.717) is 13.0 Å². The lowest BCUT2D eigenvalue weighted by molar-refractivity contribution is -0.116. The van der Waals surface area contributed by atoms with E-state index >= 15 is 0 Å². The molecule has 3 amide bonds. The Labute approximate surface area is 146 Å². The van der Waals surface area contributed by atoms with Crippen LogP contribution < -0.4 is 16.0 Å². The van der Waals surface area contributed by atoms with Gasteiger partial charge >= 0.3 is 6.03 Å².